The highest BCUT2D eigenvalue weighted by Crippen LogP contribution is 2.19. The molecule has 0 saturated carbocycles. The molecule has 8 heteroatoms. The number of carboxylic acid groups (broad SMARTS) is 1. The van der Waals surface area contributed by atoms with E-state index in [-0.39, 0.29) is 6.42 Å². The lowest BCUT2D eigenvalue weighted by Crippen LogP contribution is -2.37. The van der Waals surface area contributed by atoms with Gasteiger partial charge in [-0.1, -0.05) is 48.0 Å². The van der Waals surface area contributed by atoms with Gasteiger partial charge in [0.1, 0.15) is 18.1 Å². The monoisotopic (exact) mass is 551 g/mol. The van der Waals surface area contributed by atoms with E-state index in [1.54, 1.807) is 36.1 Å². The molecule has 7 nitrogen and oxygen atoms in total. The van der Waals surface area contributed by atoms with Crippen LogP contribution in [0.25, 0.3) is 0 Å². The van der Waals surface area contributed by atoms with E-state index in [4.69, 9.17) is 14.2 Å². The lowest BCUT2D eigenvalue weighted by atomic mass is 10.1. The Bertz CT molecular complexity index is 1140. The van der Waals surface area contributed by atoms with Crippen molar-refractivity contribution >= 4 is 23.8 Å². The topological polar surface area (TPSA) is 85.3 Å². The van der Waals surface area contributed by atoms with Crippen LogP contribution < -0.4 is 9.47 Å². The Hall–Kier alpha value is -3.49. The van der Waals surface area contributed by atoms with Gasteiger partial charge < -0.3 is 24.2 Å². The molecular formula is C31H37NO6S. The maximum Gasteiger partial charge on any atom is 0.415 e. The van der Waals surface area contributed by atoms with Gasteiger partial charge in [-0.05, 0) is 74.4 Å². The summed E-state index contributed by atoms with van der Waals surface area (Å²) in [7, 11) is 0. The Morgan fingerprint density at radius 1 is 0.897 bits per heavy atom. The molecule has 0 aliphatic rings. The molecule has 3 aromatic carbocycles. The molecule has 208 valence electrons. The fourth-order valence-electron chi connectivity index (χ4n) is 3.81. The van der Waals surface area contributed by atoms with Crippen LogP contribution in [0.1, 0.15) is 30.9 Å². The fourth-order valence-corrected chi connectivity index (χ4v) is 4.74. The molecule has 0 spiro atoms. The first-order valence-electron chi connectivity index (χ1n) is 13.2. The Kier molecular flexibility index (Phi) is 12.7. The molecule has 0 aromatic heterocycles. The second kappa shape index (κ2) is 16.5. The molecule has 0 saturated heterocycles. The van der Waals surface area contributed by atoms with E-state index in [1.165, 1.54) is 4.90 Å². The van der Waals surface area contributed by atoms with Gasteiger partial charge in [0.05, 0.1) is 6.54 Å². The highest BCUT2D eigenvalue weighted by molar-refractivity contribution is 7.99. The molecule has 0 aliphatic heterocycles. The summed E-state index contributed by atoms with van der Waals surface area (Å²) in [6, 6.07) is 24.9. The van der Waals surface area contributed by atoms with Gasteiger partial charge in [-0.3, -0.25) is 0 Å². The average molecular weight is 552 g/mol. The number of ether oxygens (including phenoxy) is 3. The minimum atomic E-state index is -0.978. The van der Waals surface area contributed by atoms with E-state index >= 15 is 0 Å². The summed E-state index contributed by atoms with van der Waals surface area (Å²) in [4.78, 5) is 27.2. The summed E-state index contributed by atoms with van der Waals surface area (Å²) in [5, 5.41) is 9.29. The molecule has 0 aliphatic carbocycles. The van der Waals surface area contributed by atoms with Crippen molar-refractivity contribution in [3.8, 4) is 11.5 Å². The standard InChI is InChI=1S/C31H37NO6S/c1-3-36-29(30(33)34)23-25-13-17-26(18-14-25)37-21-20-32(31(35)38-27-15-11-24(2)12-16-27)19-7-8-22-39-28-9-5-4-6-10-28/h4-6,9-18,29H,3,7-8,19-23H2,1-2H3,(H,33,34). The van der Waals surface area contributed by atoms with Crippen LogP contribution in [0.3, 0.4) is 0 Å². The number of hydrogen-bond acceptors (Lipinski definition) is 6. The molecule has 0 bridgehead atoms. The fraction of sp³-hybridized carbons (Fsp3) is 0.355. The van der Waals surface area contributed by atoms with Crippen molar-refractivity contribution < 1.29 is 28.9 Å². The van der Waals surface area contributed by atoms with E-state index in [1.807, 2.05) is 61.2 Å². The van der Waals surface area contributed by atoms with Gasteiger partial charge in [0.15, 0.2) is 6.10 Å². The van der Waals surface area contributed by atoms with E-state index in [0.717, 1.165) is 29.7 Å². The Morgan fingerprint density at radius 3 is 2.26 bits per heavy atom. The van der Waals surface area contributed by atoms with Crippen molar-refractivity contribution in [2.45, 2.75) is 44.1 Å². The number of amides is 1. The van der Waals surface area contributed by atoms with Gasteiger partial charge >= 0.3 is 12.1 Å². The van der Waals surface area contributed by atoms with E-state index in [9.17, 15) is 14.7 Å². The predicted octanol–water partition coefficient (Wildman–Crippen LogP) is 6.48. The van der Waals surface area contributed by atoms with Gasteiger partial charge in [0, 0.05) is 24.5 Å². The minimum absolute atomic E-state index is 0.282. The molecule has 0 fully saturated rings. The number of nitrogens with zero attached hydrogens (tertiary/aromatic N) is 1. The Morgan fingerprint density at radius 2 is 1.59 bits per heavy atom. The quantitative estimate of drug-likeness (QED) is 0.161. The molecule has 1 N–H and O–H groups in total. The van der Waals surface area contributed by atoms with Gasteiger partial charge in [0.25, 0.3) is 0 Å². The number of hydrogen-bond donors (Lipinski definition) is 1. The average Bonchev–Trinajstić information content (AvgIpc) is 2.94. The van der Waals surface area contributed by atoms with Crippen LogP contribution in [0.4, 0.5) is 4.79 Å². The van der Waals surface area contributed by atoms with Crippen molar-refractivity contribution in [3.05, 3.63) is 90.0 Å². The third kappa shape index (κ3) is 11.0. The summed E-state index contributed by atoms with van der Waals surface area (Å²) in [5.41, 5.74) is 1.94. The number of unbranched alkanes of at least 4 members (excludes halogenated alkanes) is 1. The van der Waals surface area contributed by atoms with Crippen LogP contribution in [0, 0.1) is 6.92 Å². The predicted molar refractivity (Wildman–Crippen MR) is 154 cm³/mol. The number of carboxylic acids is 1. The highest BCUT2D eigenvalue weighted by Gasteiger charge is 2.18. The van der Waals surface area contributed by atoms with Crippen molar-refractivity contribution in [3.63, 3.8) is 0 Å². The summed E-state index contributed by atoms with van der Waals surface area (Å²) in [5.74, 6) is 1.15. The normalized spacial score (nSPS) is 11.5. The maximum atomic E-state index is 13.0. The zero-order chi connectivity index (χ0) is 27.9. The number of rotatable bonds is 16. The van der Waals surface area contributed by atoms with E-state index in [2.05, 4.69) is 12.1 Å². The van der Waals surface area contributed by atoms with Crippen molar-refractivity contribution in [2.75, 3.05) is 32.1 Å². The van der Waals surface area contributed by atoms with E-state index < -0.39 is 18.2 Å². The van der Waals surface area contributed by atoms with Gasteiger partial charge in [-0.2, -0.15) is 0 Å². The maximum absolute atomic E-state index is 13.0. The number of aliphatic carboxylic acids is 1. The molecule has 3 aromatic rings. The number of aryl methyl sites for hydroxylation is 1. The van der Waals surface area contributed by atoms with Crippen molar-refractivity contribution in [1.82, 2.24) is 4.90 Å². The van der Waals surface area contributed by atoms with Crippen molar-refractivity contribution in [2.24, 2.45) is 0 Å². The first-order chi connectivity index (χ1) is 18.9. The van der Waals surface area contributed by atoms with Crippen LogP contribution in [0.15, 0.2) is 83.8 Å². The van der Waals surface area contributed by atoms with Crippen LogP contribution in [0.2, 0.25) is 0 Å². The summed E-state index contributed by atoms with van der Waals surface area (Å²) in [6.45, 7) is 5.35. The lowest BCUT2D eigenvalue weighted by molar-refractivity contribution is -0.149. The molecule has 1 atom stereocenters. The molecular weight excluding hydrogens is 514 g/mol. The smallest absolute Gasteiger partial charge is 0.415 e. The van der Waals surface area contributed by atoms with Crippen LogP contribution in [0.5, 0.6) is 11.5 Å². The number of thioether (sulfide) groups is 1. The molecule has 1 amide bonds. The third-order valence-corrected chi connectivity index (χ3v) is 7.03. The molecule has 3 rings (SSSR count). The SMILES string of the molecule is CCOC(Cc1ccc(OCCN(CCCCSc2ccccc2)C(=O)Oc2ccc(C)cc2)cc1)C(=O)O. The largest absolute Gasteiger partial charge is 0.492 e. The number of carbonyl (C=O) groups excluding carboxylic acids is 1. The lowest BCUT2D eigenvalue weighted by Gasteiger charge is -2.22. The first-order valence-corrected chi connectivity index (χ1v) is 14.2. The molecule has 0 heterocycles. The third-order valence-electron chi connectivity index (χ3n) is 5.94. The Balaban J connectivity index is 1.50. The van der Waals surface area contributed by atoms with Gasteiger partial charge in [-0.25, -0.2) is 9.59 Å². The Labute approximate surface area is 235 Å². The molecule has 39 heavy (non-hydrogen) atoms. The second-order valence-corrected chi connectivity index (χ2v) is 10.2. The van der Waals surface area contributed by atoms with Crippen LogP contribution in [-0.4, -0.2) is 60.2 Å². The second-order valence-electron chi connectivity index (χ2n) is 9.02. The first kappa shape index (κ1) is 30.1. The summed E-state index contributed by atoms with van der Waals surface area (Å²) in [6.07, 6.45) is 0.826. The van der Waals surface area contributed by atoms with E-state index in [0.29, 0.717) is 37.8 Å². The summed E-state index contributed by atoms with van der Waals surface area (Å²) < 4.78 is 16.8. The van der Waals surface area contributed by atoms with Gasteiger partial charge in [0.2, 0.25) is 0 Å². The molecule has 0 radical (unpaired) electrons. The molecule has 1 unspecified atom stereocenters. The zero-order valence-corrected chi connectivity index (χ0v) is 23.4. The van der Waals surface area contributed by atoms with Gasteiger partial charge in [-0.15, -0.1) is 11.8 Å². The van der Waals surface area contributed by atoms with Crippen molar-refractivity contribution in [1.29, 1.82) is 0 Å². The number of benzene rings is 3. The van der Waals surface area contributed by atoms with Crippen LogP contribution >= 0.6 is 11.8 Å². The zero-order valence-electron chi connectivity index (χ0n) is 22.6. The highest BCUT2D eigenvalue weighted by atomic mass is 32.2. The number of carbonyl (C=O) groups is 2. The summed E-state index contributed by atoms with van der Waals surface area (Å²) >= 11 is 1.81. The minimum Gasteiger partial charge on any atom is -0.492 e. The van der Waals surface area contributed by atoms with Crippen LogP contribution in [-0.2, 0) is 16.0 Å².